The molecule has 0 amide bonds. The van der Waals surface area contributed by atoms with E-state index in [9.17, 15) is 8.42 Å². The van der Waals surface area contributed by atoms with Crippen LogP contribution >= 0.6 is 24.0 Å². The summed E-state index contributed by atoms with van der Waals surface area (Å²) >= 11 is 0. The second-order valence-electron chi connectivity index (χ2n) is 6.99. The van der Waals surface area contributed by atoms with Crippen molar-refractivity contribution in [1.82, 2.24) is 9.62 Å². The molecule has 3 rings (SSSR count). The third-order valence-corrected chi connectivity index (χ3v) is 6.97. The monoisotopic (exact) mass is 492 g/mol. The Balaban J connectivity index is 0.00000243. The van der Waals surface area contributed by atoms with Gasteiger partial charge in [0.05, 0.1) is 11.4 Å². The number of halogens is 1. The summed E-state index contributed by atoms with van der Waals surface area (Å²) in [5.74, 6) is 1.14. The number of benzene rings is 1. The highest BCUT2D eigenvalue weighted by Gasteiger charge is 2.25. The van der Waals surface area contributed by atoms with Gasteiger partial charge in [-0.1, -0.05) is 25.0 Å². The number of sulfonamides is 1. The normalized spacial score (nSPS) is 19.5. The van der Waals surface area contributed by atoms with E-state index >= 15 is 0 Å². The van der Waals surface area contributed by atoms with Crippen molar-refractivity contribution in [2.75, 3.05) is 19.6 Å². The highest BCUT2D eigenvalue weighted by atomic mass is 127. The third kappa shape index (κ3) is 5.56. The lowest BCUT2D eigenvalue weighted by Gasteiger charge is -2.26. The first-order valence-corrected chi connectivity index (χ1v) is 10.6. The fourth-order valence-corrected chi connectivity index (χ4v) is 4.82. The zero-order valence-electron chi connectivity index (χ0n) is 15.1. The van der Waals surface area contributed by atoms with Crippen molar-refractivity contribution in [2.45, 2.75) is 50.0 Å². The molecule has 26 heavy (non-hydrogen) atoms. The molecule has 1 aromatic rings. The van der Waals surface area contributed by atoms with E-state index in [1.165, 1.54) is 19.3 Å². The molecule has 1 aliphatic heterocycles. The quantitative estimate of drug-likeness (QED) is 0.363. The Labute approximate surface area is 173 Å². The molecular formula is C18H29IN4O2S. The predicted molar refractivity (Wildman–Crippen MR) is 115 cm³/mol. The topological polar surface area (TPSA) is 87.8 Å². The lowest BCUT2D eigenvalue weighted by molar-refractivity contribution is 0.315. The molecule has 1 heterocycles. The molecule has 6 nitrogen and oxygen atoms in total. The zero-order valence-corrected chi connectivity index (χ0v) is 18.2. The van der Waals surface area contributed by atoms with Gasteiger partial charge in [-0.25, -0.2) is 13.4 Å². The molecule has 0 unspecified atom stereocenters. The van der Waals surface area contributed by atoms with Gasteiger partial charge in [-0.3, -0.25) is 0 Å². The first-order valence-electron chi connectivity index (χ1n) is 9.18. The molecular weight excluding hydrogens is 463 g/mol. The van der Waals surface area contributed by atoms with E-state index in [4.69, 9.17) is 5.73 Å². The summed E-state index contributed by atoms with van der Waals surface area (Å²) in [4.78, 5) is 4.69. The van der Waals surface area contributed by atoms with Crippen molar-refractivity contribution in [1.29, 1.82) is 0 Å². The summed E-state index contributed by atoms with van der Waals surface area (Å²) in [6.45, 7) is 2.48. The molecule has 1 saturated heterocycles. The highest BCUT2D eigenvalue weighted by molar-refractivity contribution is 14.0. The summed E-state index contributed by atoms with van der Waals surface area (Å²) in [6.07, 6.45) is 6.81. The van der Waals surface area contributed by atoms with Crippen molar-refractivity contribution in [3.63, 3.8) is 0 Å². The average Bonchev–Trinajstić information content (AvgIpc) is 2.59. The average molecular weight is 492 g/mol. The SMILES string of the molecule is I.NC(=NCc1cccc(S(=O)(=O)N2CCCCC2)c1)NCC1CCC1. The number of piperidine rings is 1. The summed E-state index contributed by atoms with van der Waals surface area (Å²) < 4.78 is 27.1. The molecule has 2 aliphatic rings. The first kappa shape index (κ1) is 21.4. The van der Waals surface area contributed by atoms with E-state index < -0.39 is 10.0 Å². The van der Waals surface area contributed by atoms with Gasteiger partial charge in [-0.2, -0.15) is 4.31 Å². The van der Waals surface area contributed by atoms with Crippen molar-refractivity contribution in [3.05, 3.63) is 29.8 Å². The Morgan fingerprint density at radius 1 is 1.19 bits per heavy atom. The second-order valence-corrected chi connectivity index (χ2v) is 8.93. The maximum Gasteiger partial charge on any atom is 0.243 e. The van der Waals surface area contributed by atoms with Gasteiger partial charge < -0.3 is 11.1 Å². The van der Waals surface area contributed by atoms with Gasteiger partial charge >= 0.3 is 0 Å². The van der Waals surface area contributed by atoms with Crippen molar-refractivity contribution in [3.8, 4) is 0 Å². The molecule has 2 fully saturated rings. The number of nitrogens with two attached hydrogens (primary N) is 1. The number of hydrogen-bond donors (Lipinski definition) is 2. The fraction of sp³-hybridized carbons (Fsp3) is 0.611. The molecule has 1 aliphatic carbocycles. The smallest absolute Gasteiger partial charge is 0.243 e. The number of nitrogens with zero attached hydrogens (tertiary/aromatic N) is 2. The molecule has 0 atom stereocenters. The van der Waals surface area contributed by atoms with Crippen molar-refractivity contribution < 1.29 is 8.42 Å². The van der Waals surface area contributed by atoms with Crippen LogP contribution in [0.2, 0.25) is 0 Å². The number of aliphatic imine (C=N–C) groups is 1. The Morgan fingerprint density at radius 2 is 1.92 bits per heavy atom. The van der Waals surface area contributed by atoms with Crippen LogP contribution in [0, 0.1) is 5.92 Å². The second kappa shape index (κ2) is 9.89. The molecule has 1 aromatic carbocycles. The highest BCUT2D eigenvalue weighted by Crippen LogP contribution is 2.25. The van der Waals surface area contributed by atoms with Gasteiger partial charge in [0.1, 0.15) is 0 Å². The Hall–Kier alpha value is -0.870. The van der Waals surface area contributed by atoms with Crippen LogP contribution in [0.25, 0.3) is 0 Å². The van der Waals surface area contributed by atoms with E-state index in [-0.39, 0.29) is 24.0 Å². The van der Waals surface area contributed by atoms with Crippen molar-refractivity contribution in [2.24, 2.45) is 16.6 Å². The minimum Gasteiger partial charge on any atom is -0.370 e. The first-order chi connectivity index (χ1) is 12.1. The maximum absolute atomic E-state index is 12.7. The van der Waals surface area contributed by atoms with Crippen LogP contribution < -0.4 is 11.1 Å². The van der Waals surface area contributed by atoms with Crippen LogP contribution in [0.4, 0.5) is 0 Å². The van der Waals surface area contributed by atoms with Crippen molar-refractivity contribution >= 4 is 40.0 Å². The standard InChI is InChI=1S/C18H28N4O2S.HI/c19-18(20-13-15-6-4-7-15)21-14-16-8-5-9-17(12-16)25(23,24)22-10-2-1-3-11-22;/h5,8-9,12,15H,1-4,6-7,10-11,13-14H2,(H3,19,20,21);1H. The molecule has 0 radical (unpaired) electrons. The molecule has 8 heteroatoms. The van der Waals surface area contributed by atoms with Gasteiger partial charge in [0.25, 0.3) is 0 Å². The Bertz CT molecular complexity index is 714. The van der Waals surface area contributed by atoms with Gasteiger partial charge in [-0.15, -0.1) is 24.0 Å². The van der Waals surface area contributed by atoms with Gasteiger partial charge in [0, 0.05) is 19.6 Å². The molecule has 0 bridgehead atoms. The summed E-state index contributed by atoms with van der Waals surface area (Å²) in [5.41, 5.74) is 6.76. The van der Waals surface area contributed by atoms with E-state index in [0.29, 0.717) is 36.4 Å². The minimum absolute atomic E-state index is 0. The summed E-state index contributed by atoms with van der Waals surface area (Å²) in [7, 11) is -3.40. The predicted octanol–water partition coefficient (Wildman–Crippen LogP) is 2.68. The van der Waals surface area contributed by atoms with E-state index in [1.807, 2.05) is 6.07 Å². The van der Waals surface area contributed by atoms with Crippen LogP contribution in [0.3, 0.4) is 0 Å². The van der Waals surface area contributed by atoms with Crippen LogP contribution in [0.1, 0.15) is 44.1 Å². The Morgan fingerprint density at radius 3 is 2.58 bits per heavy atom. The number of guanidine groups is 1. The molecule has 0 aromatic heterocycles. The molecule has 146 valence electrons. The fourth-order valence-electron chi connectivity index (χ4n) is 3.24. The lowest BCUT2D eigenvalue weighted by Crippen LogP contribution is -2.37. The largest absolute Gasteiger partial charge is 0.370 e. The number of hydrogen-bond acceptors (Lipinski definition) is 3. The van der Waals surface area contributed by atoms with Crippen LogP contribution in [0.15, 0.2) is 34.2 Å². The van der Waals surface area contributed by atoms with E-state index in [2.05, 4.69) is 10.3 Å². The maximum atomic E-state index is 12.7. The van der Waals surface area contributed by atoms with Crippen LogP contribution in [0.5, 0.6) is 0 Å². The van der Waals surface area contributed by atoms with Crippen LogP contribution in [-0.4, -0.2) is 38.3 Å². The molecule has 0 spiro atoms. The van der Waals surface area contributed by atoms with Crippen LogP contribution in [-0.2, 0) is 16.6 Å². The minimum atomic E-state index is -3.40. The van der Waals surface area contributed by atoms with E-state index in [1.54, 1.807) is 22.5 Å². The number of rotatable bonds is 6. The van der Waals surface area contributed by atoms with Gasteiger partial charge in [-0.05, 0) is 49.3 Å². The summed E-state index contributed by atoms with van der Waals surface area (Å²) in [6, 6.07) is 7.04. The van der Waals surface area contributed by atoms with E-state index in [0.717, 1.165) is 31.4 Å². The zero-order chi connectivity index (χ0) is 17.7. The summed E-state index contributed by atoms with van der Waals surface area (Å²) in [5, 5.41) is 3.15. The Kier molecular flexibility index (Phi) is 8.15. The van der Waals surface area contributed by atoms with Gasteiger partial charge in [0.2, 0.25) is 10.0 Å². The van der Waals surface area contributed by atoms with Gasteiger partial charge in [0.15, 0.2) is 5.96 Å². The third-order valence-electron chi connectivity index (χ3n) is 5.08. The lowest BCUT2D eigenvalue weighted by atomic mass is 9.85. The number of nitrogens with one attached hydrogen (secondary N) is 1. The molecule has 3 N–H and O–H groups in total. The molecule has 1 saturated carbocycles.